The van der Waals surface area contributed by atoms with Crippen LogP contribution in [0.2, 0.25) is 0 Å². The number of aromatic hydroxyl groups is 1. The van der Waals surface area contributed by atoms with E-state index < -0.39 is 6.09 Å². The Balaban J connectivity index is 2.34. The van der Waals surface area contributed by atoms with Crippen LogP contribution in [-0.2, 0) is 11.8 Å². The molecule has 1 aromatic rings. The number of ether oxygens (including phenoxy) is 1. The van der Waals surface area contributed by atoms with Crippen LogP contribution in [0.15, 0.2) is 6.07 Å². The quantitative estimate of drug-likeness (QED) is 0.669. The van der Waals surface area contributed by atoms with Gasteiger partial charge >= 0.3 is 6.09 Å². The third-order valence-electron chi connectivity index (χ3n) is 1.88. The molecule has 0 unspecified atom stereocenters. The number of hydrogen-bond acceptors (Lipinski definition) is 4. The first-order valence-corrected chi connectivity index (χ1v) is 3.86. The minimum absolute atomic E-state index is 0.0998. The summed E-state index contributed by atoms with van der Waals surface area (Å²) in [4.78, 5) is 12.5. The number of rotatable bonds is 1. The molecule has 0 saturated carbocycles. The second-order valence-corrected chi connectivity index (χ2v) is 2.75. The minimum atomic E-state index is -0.400. The molecule has 70 valence electrons. The lowest BCUT2D eigenvalue weighted by Crippen LogP contribution is -2.25. The van der Waals surface area contributed by atoms with Crippen molar-refractivity contribution in [3.8, 4) is 5.88 Å². The van der Waals surface area contributed by atoms with Crippen molar-refractivity contribution in [2.75, 3.05) is 18.1 Å². The fraction of sp³-hybridized carbons (Fsp3) is 0.429. The van der Waals surface area contributed by atoms with E-state index in [1.165, 1.54) is 15.6 Å². The lowest BCUT2D eigenvalue weighted by Gasteiger charge is -2.10. The topological polar surface area (TPSA) is 67.6 Å². The predicted molar refractivity (Wildman–Crippen MR) is 43.6 cm³/mol. The maximum Gasteiger partial charge on any atom is 0.415 e. The Hall–Kier alpha value is -1.72. The third kappa shape index (κ3) is 1.20. The van der Waals surface area contributed by atoms with Crippen LogP contribution < -0.4 is 4.90 Å². The van der Waals surface area contributed by atoms with Gasteiger partial charge < -0.3 is 9.84 Å². The summed E-state index contributed by atoms with van der Waals surface area (Å²) in [5.41, 5.74) is 0. The molecule has 1 N–H and O–H groups in total. The number of aryl methyl sites for hydroxylation is 1. The summed E-state index contributed by atoms with van der Waals surface area (Å²) < 4.78 is 6.18. The Morgan fingerprint density at radius 1 is 1.69 bits per heavy atom. The van der Waals surface area contributed by atoms with Gasteiger partial charge in [0.2, 0.25) is 5.88 Å². The molecule has 0 aromatic carbocycles. The molecule has 0 spiro atoms. The molecule has 1 fully saturated rings. The van der Waals surface area contributed by atoms with Crippen LogP contribution in [0.25, 0.3) is 0 Å². The van der Waals surface area contributed by atoms with Crippen molar-refractivity contribution in [3.63, 3.8) is 0 Å². The van der Waals surface area contributed by atoms with Crippen molar-refractivity contribution >= 4 is 11.9 Å². The van der Waals surface area contributed by atoms with Crippen molar-refractivity contribution in [3.05, 3.63) is 6.07 Å². The van der Waals surface area contributed by atoms with Crippen molar-refractivity contribution in [2.45, 2.75) is 0 Å². The zero-order chi connectivity index (χ0) is 9.42. The Kier molecular flexibility index (Phi) is 1.61. The van der Waals surface area contributed by atoms with Crippen molar-refractivity contribution in [2.24, 2.45) is 7.05 Å². The molecule has 1 aromatic heterocycles. The van der Waals surface area contributed by atoms with E-state index in [1.807, 2.05) is 0 Å². The molecule has 1 aliphatic rings. The lowest BCUT2D eigenvalue weighted by atomic mass is 10.5. The molecular weight excluding hydrogens is 174 g/mol. The maximum atomic E-state index is 11.1. The highest BCUT2D eigenvalue weighted by Gasteiger charge is 2.26. The number of nitrogens with zero attached hydrogens (tertiary/aromatic N) is 3. The van der Waals surface area contributed by atoms with Gasteiger partial charge in [-0.05, 0) is 0 Å². The van der Waals surface area contributed by atoms with E-state index in [4.69, 9.17) is 9.84 Å². The highest BCUT2D eigenvalue weighted by Crippen LogP contribution is 2.21. The first kappa shape index (κ1) is 7.90. The van der Waals surface area contributed by atoms with Gasteiger partial charge in [0.25, 0.3) is 0 Å². The van der Waals surface area contributed by atoms with Crippen LogP contribution in [0, 0.1) is 0 Å². The monoisotopic (exact) mass is 183 g/mol. The van der Waals surface area contributed by atoms with Gasteiger partial charge in [-0.25, -0.2) is 9.48 Å². The summed E-state index contributed by atoms with van der Waals surface area (Å²) in [6.45, 7) is 0.878. The second kappa shape index (κ2) is 2.65. The molecule has 1 aliphatic heterocycles. The van der Waals surface area contributed by atoms with E-state index in [1.54, 1.807) is 7.05 Å². The standard InChI is InChI=1S/C7H9N3O3/c1-9-6(4-5(11)8-9)10-2-3-13-7(10)12/h4H,2-3H2,1H3,(H,8,11). The van der Waals surface area contributed by atoms with Gasteiger partial charge in [0.1, 0.15) is 12.4 Å². The van der Waals surface area contributed by atoms with Gasteiger partial charge in [-0.3, -0.25) is 4.90 Å². The number of carbonyl (C=O) groups excluding carboxylic acids is 1. The molecule has 2 rings (SSSR count). The number of aromatic nitrogens is 2. The molecule has 0 atom stereocenters. The van der Waals surface area contributed by atoms with E-state index >= 15 is 0 Å². The third-order valence-corrected chi connectivity index (χ3v) is 1.88. The number of carbonyl (C=O) groups is 1. The van der Waals surface area contributed by atoms with Gasteiger partial charge in [-0.1, -0.05) is 0 Å². The molecule has 6 nitrogen and oxygen atoms in total. The molecule has 0 aliphatic carbocycles. The van der Waals surface area contributed by atoms with Crippen LogP contribution in [0.4, 0.5) is 10.6 Å². The summed E-state index contributed by atoms with van der Waals surface area (Å²) in [5, 5.41) is 12.8. The zero-order valence-corrected chi connectivity index (χ0v) is 7.10. The smallest absolute Gasteiger partial charge is 0.415 e. The molecule has 2 heterocycles. The molecule has 0 bridgehead atoms. The number of anilines is 1. The van der Waals surface area contributed by atoms with Crippen LogP contribution in [0.1, 0.15) is 0 Å². The highest BCUT2D eigenvalue weighted by atomic mass is 16.6. The zero-order valence-electron chi connectivity index (χ0n) is 7.10. The SMILES string of the molecule is Cn1nc(O)cc1N1CCOC1=O. The first-order valence-electron chi connectivity index (χ1n) is 3.86. The van der Waals surface area contributed by atoms with Gasteiger partial charge in [0.15, 0.2) is 0 Å². The van der Waals surface area contributed by atoms with Gasteiger partial charge in [-0.15, -0.1) is 5.10 Å². The predicted octanol–water partition coefficient (Wildman–Crippen LogP) is 0.0823. The Morgan fingerprint density at radius 3 is 2.92 bits per heavy atom. The highest BCUT2D eigenvalue weighted by molar-refractivity contribution is 5.88. The van der Waals surface area contributed by atoms with Crippen LogP contribution in [0.3, 0.4) is 0 Å². The summed E-state index contributed by atoms with van der Waals surface area (Å²) >= 11 is 0. The van der Waals surface area contributed by atoms with E-state index in [2.05, 4.69) is 5.10 Å². The number of amides is 1. The minimum Gasteiger partial charge on any atom is -0.492 e. The largest absolute Gasteiger partial charge is 0.492 e. The van der Waals surface area contributed by atoms with E-state index in [0.717, 1.165) is 0 Å². The van der Waals surface area contributed by atoms with Crippen molar-refractivity contribution in [1.29, 1.82) is 0 Å². The van der Waals surface area contributed by atoms with Gasteiger partial charge in [0.05, 0.1) is 6.54 Å². The van der Waals surface area contributed by atoms with Gasteiger partial charge in [-0.2, -0.15) is 0 Å². The fourth-order valence-corrected chi connectivity index (χ4v) is 1.30. The average Bonchev–Trinajstić information content (AvgIpc) is 2.58. The lowest BCUT2D eigenvalue weighted by molar-refractivity contribution is 0.181. The normalized spacial score (nSPS) is 16.4. The maximum absolute atomic E-state index is 11.1. The van der Waals surface area contributed by atoms with Crippen molar-refractivity contribution in [1.82, 2.24) is 9.78 Å². The second-order valence-electron chi connectivity index (χ2n) is 2.75. The average molecular weight is 183 g/mol. The van der Waals surface area contributed by atoms with Crippen molar-refractivity contribution < 1.29 is 14.6 Å². The van der Waals surface area contributed by atoms with E-state index in [-0.39, 0.29) is 5.88 Å². The number of hydrogen-bond donors (Lipinski definition) is 1. The van der Waals surface area contributed by atoms with E-state index in [9.17, 15) is 4.79 Å². The van der Waals surface area contributed by atoms with Crippen LogP contribution in [-0.4, -0.2) is 34.1 Å². The van der Waals surface area contributed by atoms with Crippen LogP contribution >= 0.6 is 0 Å². The Bertz CT molecular complexity index is 347. The summed E-state index contributed by atoms with van der Waals surface area (Å²) in [6.07, 6.45) is -0.400. The van der Waals surface area contributed by atoms with Crippen LogP contribution in [0.5, 0.6) is 5.88 Å². The molecular formula is C7H9N3O3. The summed E-state index contributed by atoms with van der Waals surface area (Å²) in [5.74, 6) is 0.442. The summed E-state index contributed by atoms with van der Waals surface area (Å²) in [7, 11) is 1.65. The molecule has 0 radical (unpaired) electrons. The number of cyclic esters (lactones) is 1. The molecule has 6 heteroatoms. The van der Waals surface area contributed by atoms with Gasteiger partial charge in [0, 0.05) is 13.1 Å². The molecule has 1 amide bonds. The van der Waals surface area contributed by atoms with E-state index in [0.29, 0.717) is 19.0 Å². The fourth-order valence-electron chi connectivity index (χ4n) is 1.30. The summed E-state index contributed by atoms with van der Waals surface area (Å²) in [6, 6.07) is 1.42. The molecule has 1 saturated heterocycles. The first-order chi connectivity index (χ1) is 6.18. The Labute approximate surface area is 74.3 Å². The molecule has 13 heavy (non-hydrogen) atoms. The Morgan fingerprint density at radius 2 is 2.46 bits per heavy atom.